The summed E-state index contributed by atoms with van der Waals surface area (Å²) in [6.45, 7) is 7.63. The molecule has 0 aliphatic carbocycles. The van der Waals surface area contributed by atoms with Crippen molar-refractivity contribution in [1.82, 2.24) is 5.43 Å². The van der Waals surface area contributed by atoms with Crippen LogP contribution < -0.4 is 10.9 Å². The van der Waals surface area contributed by atoms with Crippen LogP contribution in [0, 0.1) is 5.92 Å². The van der Waals surface area contributed by atoms with Crippen LogP contribution in [0.2, 0.25) is 0 Å². The maximum atomic E-state index is 11.9. The second kappa shape index (κ2) is 8.53. The predicted molar refractivity (Wildman–Crippen MR) is 78.1 cm³/mol. The Bertz CT molecular complexity index is 391. The standard InChI is InChI=1S/C15H24N2O2/c1-4-5-10-19-15(18)13-8-6-7-9-14(13)17-16-11-12(2)3/h6-9,12,16-17H,4-5,10-11H2,1-3H3. The van der Waals surface area contributed by atoms with Gasteiger partial charge in [0.25, 0.3) is 0 Å². The van der Waals surface area contributed by atoms with Gasteiger partial charge in [0, 0.05) is 6.54 Å². The Hall–Kier alpha value is -1.55. The van der Waals surface area contributed by atoms with Gasteiger partial charge in [0.05, 0.1) is 17.9 Å². The van der Waals surface area contributed by atoms with E-state index >= 15 is 0 Å². The van der Waals surface area contributed by atoms with Gasteiger partial charge >= 0.3 is 5.97 Å². The Morgan fingerprint density at radius 2 is 2.05 bits per heavy atom. The van der Waals surface area contributed by atoms with Crippen LogP contribution in [0.1, 0.15) is 44.0 Å². The molecule has 1 aromatic rings. The summed E-state index contributed by atoms with van der Waals surface area (Å²) >= 11 is 0. The summed E-state index contributed by atoms with van der Waals surface area (Å²) in [5, 5.41) is 0. The van der Waals surface area contributed by atoms with Gasteiger partial charge in [-0.2, -0.15) is 0 Å². The third-order valence-corrected chi connectivity index (χ3v) is 2.61. The van der Waals surface area contributed by atoms with Crippen molar-refractivity contribution in [3.8, 4) is 0 Å². The number of carbonyl (C=O) groups excluding carboxylic acids is 1. The minimum Gasteiger partial charge on any atom is -0.462 e. The first-order chi connectivity index (χ1) is 9.15. The number of hydrogen-bond donors (Lipinski definition) is 2. The van der Waals surface area contributed by atoms with Gasteiger partial charge in [-0.15, -0.1) is 0 Å². The maximum Gasteiger partial charge on any atom is 0.340 e. The van der Waals surface area contributed by atoms with E-state index in [9.17, 15) is 4.79 Å². The zero-order valence-corrected chi connectivity index (χ0v) is 12.0. The van der Waals surface area contributed by atoms with Crippen LogP contribution in [0.15, 0.2) is 24.3 Å². The van der Waals surface area contributed by atoms with Crippen LogP contribution in [0.5, 0.6) is 0 Å². The van der Waals surface area contributed by atoms with Crippen molar-refractivity contribution in [3.05, 3.63) is 29.8 Å². The molecule has 0 aromatic heterocycles. The van der Waals surface area contributed by atoms with Crippen molar-refractivity contribution in [2.45, 2.75) is 33.6 Å². The molecule has 0 aliphatic heterocycles. The third-order valence-electron chi connectivity index (χ3n) is 2.61. The number of hydrogen-bond acceptors (Lipinski definition) is 4. The second-order valence-electron chi connectivity index (χ2n) is 4.93. The van der Waals surface area contributed by atoms with Gasteiger partial charge in [-0.3, -0.25) is 0 Å². The first kappa shape index (κ1) is 15.5. The SMILES string of the molecule is CCCCOC(=O)c1ccccc1NNCC(C)C. The fourth-order valence-corrected chi connectivity index (χ4v) is 1.51. The molecule has 2 N–H and O–H groups in total. The number of hydrazine groups is 1. The average Bonchev–Trinajstić information content (AvgIpc) is 2.39. The van der Waals surface area contributed by atoms with E-state index in [-0.39, 0.29) is 5.97 Å². The molecule has 0 saturated carbocycles. The van der Waals surface area contributed by atoms with Crippen LogP contribution in [0.25, 0.3) is 0 Å². The summed E-state index contributed by atoms with van der Waals surface area (Å²) in [4.78, 5) is 11.9. The smallest absolute Gasteiger partial charge is 0.340 e. The Balaban J connectivity index is 2.59. The lowest BCUT2D eigenvalue weighted by atomic mass is 10.2. The van der Waals surface area contributed by atoms with Crippen molar-refractivity contribution in [2.24, 2.45) is 5.92 Å². The molecule has 0 heterocycles. The first-order valence-electron chi connectivity index (χ1n) is 6.90. The normalized spacial score (nSPS) is 10.5. The number of carbonyl (C=O) groups is 1. The predicted octanol–water partition coefficient (Wildman–Crippen LogP) is 3.22. The number of unbranched alkanes of at least 4 members (excludes halogenated alkanes) is 1. The van der Waals surface area contributed by atoms with Gasteiger partial charge in [0.1, 0.15) is 0 Å². The lowest BCUT2D eigenvalue weighted by molar-refractivity contribution is 0.0501. The molecule has 0 amide bonds. The molecule has 4 heteroatoms. The molecule has 0 spiro atoms. The highest BCUT2D eigenvalue weighted by atomic mass is 16.5. The highest BCUT2D eigenvalue weighted by Gasteiger charge is 2.11. The first-order valence-corrected chi connectivity index (χ1v) is 6.90. The topological polar surface area (TPSA) is 50.4 Å². The molecule has 0 fully saturated rings. The molecular formula is C15H24N2O2. The zero-order valence-electron chi connectivity index (χ0n) is 12.0. The van der Waals surface area contributed by atoms with Crippen LogP contribution >= 0.6 is 0 Å². The Morgan fingerprint density at radius 3 is 2.74 bits per heavy atom. The molecule has 1 rings (SSSR count). The summed E-state index contributed by atoms with van der Waals surface area (Å²) in [5.74, 6) is 0.263. The minimum absolute atomic E-state index is 0.275. The number of anilines is 1. The molecule has 106 valence electrons. The average molecular weight is 264 g/mol. The zero-order chi connectivity index (χ0) is 14.1. The molecular weight excluding hydrogens is 240 g/mol. The number of benzene rings is 1. The van der Waals surface area contributed by atoms with Crippen molar-refractivity contribution in [1.29, 1.82) is 0 Å². The third kappa shape index (κ3) is 5.75. The van der Waals surface area contributed by atoms with E-state index in [0.717, 1.165) is 25.1 Å². The molecule has 0 saturated heterocycles. The lowest BCUT2D eigenvalue weighted by Crippen LogP contribution is -2.27. The quantitative estimate of drug-likeness (QED) is 0.430. The largest absolute Gasteiger partial charge is 0.462 e. The highest BCUT2D eigenvalue weighted by molar-refractivity contribution is 5.95. The van der Waals surface area contributed by atoms with Crippen LogP contribution in [-0.4, -0.2) is 19.1 Å². The van der Waals surface area contributed by atoms with Gasteiger partial charge in [0.15, 0.2) is 0 Å². The molecule has 0 unspecified atom stereocenters. The summed E-state index contributed by atoms with van der Waals surface area (Å²) in [7, 11) is 0. The summed E-state index contributed by atoms with van der Waals surface area (Å²) in [6, 6.07) is 7.36. The number of rotatable bonds is 8. The Morgan fingerprint density at radius 1 is 1.32 bits per heavy atom. The van der Waals surface area contributed by atoms with Crippen molar-refractivity contribution in [2.75, 3.05) is 18.6 Å². The summed E-state index contributed by atoms with van der Waals surface area (Å²) in [6.07, 6.45) is 1.91. The van der Waals surface area contributed by atoms with Crippen molar-refractivity contribution in [3.63, 3.8) is 0 Å². The number of ether oxygens (including phenoxy) is 1. The molecule has 19 heavy (non-hydrogen) atoms. The van der Waals surface area contributed by atoms with E-state index < -0.39 is 0 Å². The monoisotopic (exact) mass is 264 g/mol. The minimum atomic E-state index is -0.275. The van der Waals surface area contributed by atoms with E-state index in [4.69, 9.17) is 4.74 Å². The molecule has 0 radical (unpaired) electrons. The summed E-state index contributed by atoms with van der Waals surface area (Å²) < 4.78 is 5.23. The van der Waals surface area contributed by atoms with Crippen LogP contribution in [-0.2, 0) is 4.74 Å². The Labute approximate surface area is 115 Å². The van der Waals surface area contributed by atoms with Gasteiger partial charge in [-0.1, -0.05) is 39.3 Å². The summed E-state index contributed by atoms with van der Waals surface area (Å²) in [5.41, 5.74) is 7.49. The fraction of sp³-hybridized carbons (Fsp3) is 0.533. The van der Waals surface area contributed by atoms with Crippen LogP contribution in [0.3, 0.4) is 0 Å². The molecule has 4 nitrogen and oxygen atoms in total. The maximum absolute atomic E-state index is 11.9. The number of esters is 1. The fourth-order valence-electron chi connectivity index (χ4n) is 1.51. The van der Waals surface area contributed by atoms with E-state index in [0.29, 0.717) is 18.1 Å². The molecule has 0 atom stereocenters. The van der Waals surface area contributed by atoms with Gasteiger partial charge in [-0.25, -0.2) is 10.2 Å². The Kier molecular flexibility index (Phi) is 6.97. The van der Waals surface area contributed by atoms with E-state index in [1.54, 1.807) is 6.07 Å². The van der Waals surface area contributed by atoms with E-state index in [1.165, 1.54) is 0 Å². The van der Waals surface area contributed by atoms with Gasteiger partial charge < -0.3 is 10.2 Å². The number of nitrogens with one attached hydrogen (secondary N) is 2. The number of para-hydroxylation sites is 1. The van der Waals surface area contributed by atoms with Crippen LogP contribution in [0.4, 0.5) is 5.69 Å². The lowest BCUT2D eigenvalue weighted by Gasteiger charge is -2.13. The van der Waals surface area contributed by atoms with Crippen molar-refractivity contribution >= 4 is 11.7 Å². The molecule has 0 aliphatic rings. The van der Waals surface area contributed by atoms with Gasteiger partial charge in [0.2, 0.25) is 0 Å². The second-order valence-corrected chi connectivity index (χ2v) is 4.93. The van der Waals surface area contributed by atoms with Crippen molar-refractivity contribution < 1.29 is 9.53 Å². The van der Waals surface area contributed by atoms with E-state index in [1.807, 2.05) is 18.2 Å². The molecule has 1 aromatic carbocycles. The molecule has 0 bridgehead atoms. The van der Waals surface area contributed by atoms with Gasteiger partial charge in [-0.05, 0) is 24.5 Å². The van der Waals surface area contributed by atoms with E-state index in [2.05, 4.69) is 31.6 Å². The highest BCUT2D eigenvalue weighted by Crippen LogP contribution is 2.15.